The molecule has 0 aromatic carbocycles. The van der Waals surface area contributed by atoms with Gasteiger partial charge in [-0.25, -0.2) is 9.67 Å². The quantitative estimate of drug-likeness (QED) is 0.575. The molecule has 0 N–H and O–H groups in total. The molecular weight excluding hydrogens is 396 g/mol. The van der Waals surface area contributed by atoms with Crippen LogP contribution >= 0.6 is 0 Å². The molecule has 0 spiro atoms. The first kappa shape index (κ1) is 21.4. The Kier molecular flexibility index (Phi) is 6.01. The highest BCUT2D eigenvalue weighted by atomic mass is 16.5. The number of piperazine rings is 1. The smallest absolute Gasteiger partial charge is 0.266 e. The van der Waals surface area contributed by atoms with Crippen molar-refractivity contribution >= 4 is 11.6 Å². The lowest BCUT2D eigenvalue weighted by Gasteiger charge is -2.36. The number of hydrogen-bond acceptors (Lipinski definition) is 8. The lowest BCUT2D eigenvalue weighted by molar-refractivity contribution is 0.181. The molecule has 3 aromatic heterocycles. The van der Waals surface area contributed by atoms with Crippen molar-refractivity contribution in [3.05, 3.63) is 46.3 Å². The number of ether oxygens (including phenoxy) is 1. The van der Waals surface area contributed by atoms with Crippen LogP contribution in [0.2, 0.25) is 0 Å². The standard InChI is InChI=1S/C21H30N8O2/c1-21(2,3)17-5-6-19(30)28(25-17)12-9-26-7-10-27(11-8-26)18-13-16(14-31-4)24-20-22-15-23-29(18)20/h5-6,13,15H,7-12,14H2,1-4H3. The molecule has 31 heavy (non-hydrogen) atoms. The van der Waals surface area contributed by atoms with Gasteiger partial charge in [0.1, 0.15) is 12.1 Å². The number of methoxy groups -OCH3 is 1. The van der Waals surface area contributed by atoms with Gasteiger partial charge in [-0.05, 0) is 6.07 Å². The van der Waals surface area contributed by atoms with Crippen molar-refractivity contribution in [3.8, 4) is 0 Å². The minimum Gasteiger partial charge on any atom is -0.378 e. The second-order valence-electron chi connectivity index (χ2n) is 8.87. The molecule has 1 saturated heterocycles. The van der Waals surface area contributed by atoms with Gasteiger partial charge < -0.3 is 9.64 Å². The molecule has 1 aliphatic heterocycles. The summed E-state index contributed by atoms with van der Waals surface area (Å²) in [5, 5.41) is 8.90. The van der Waals surface area contributed by atoms with Crippen molar-refractivity contribution in [2.75, 3.05) is 44.7 Å². The van der Waals surface area contributed by atoms with Crippen molar-refractivity contribution in [2.45, 2.75) is 39.3 Å². The highest BCUT2D eigenvalue weighted by Crippen LogP contribution is 2.19. The Balaban J connectivity index is 1.41. The number of aromatic nitrogens is 6. The first-order chi connectivity index (χ1) is 14.8. The monoisotopic (exact) mass is 426 g/mol. The summed E-state index contributed by atoms with van der Waals surface area (Å²) in [4.78, 5) is 25.6. The second-order valence-corrected chi connectivity index (χ2v) is 8.87. The first-order valence-corrected chi connectivity index (χ1v) is 10.6. The summed E-state index contributed by atoms with van der Waals surface area (Å²) < 4.78 is 8.61. The molecule has 4 rings (SSSR count). The summed E-state index contributed by atoms with van der Waals surface area (Å²) in [6.07, 6.45) is 1.52. The summed E-state index contributed by atoms with van der Waals surface area (Å²) in [6, 6.07) is 5.47. The molecule has 0 saturated carbocycles. The van der Waals surface area contributed by atoms with Crippen LogP contribution in [-0.2, 0) is 23.3 Å². The van der Waals surface area contributed by atoms with Crippen molar-refractivity contribution < 1.29 is 4.74 Å². The molecule has 10 heteroatoms. The van der Waals surface area contributed by atoms with E-state index in [-0.39, 0.29) is 11.0 Å². The van der Waals surface area contributed by atoms with Crippen LogP contribution in [0.4, 0.5) is 5.82 Å². The Morgan fingerprint density at radius 3 is 2.58 bits per heavy atom. The Morgan fingerprint density at radius 2 is 1.87 bits per heavy atom. The fourth-order valence-corrected chi connectivity index (χ4v) is 3.74. The van der Waals surface area contributed by atoms with Gasteiger partial charge in [-0.2, -0.15) is 19.7 Å². The fraction of sp³-hybridized carbons (Fsp3) is 0.571. The minimum atomic E-state index is -0.0834. The van der Waals surface area contributed by atoms with E-state index in [1.165, 1.54) is 6.33 Å². The number of fused-ring (bicyclic) bond motifs is 1. The van der Waals surface area contributed by atoms with Crippen LogP contribution in [-0.4, -0.2) is 74.1 Å². The van der Waals surface area contributed by atoms with Crippen molar-refractivity contribution in [3.63, 3.8) is 0 Å². The SMILES string of the molecule is COCc1cc(N2CCN(CCn3nc(C(C)(C)C)ccc3=O)CC2)n2ncnc2n1. The van der Waals surface area contributed by atoms with Crippen molar-refractivity contribution in [1.82, 2.24) is 34.3 Å². The number of nitrogens with zero attached hydrogens (tertiary/aromatic N) is 8. The maximum atomic E-state index is 12.2. The number of hydrogen-bond donors (Lipinski definition) is 0. The van der Waals surface area contributed by atoms with E-state index in [9.17, 15) is 4.79 Å². The van der Waals surface area contributed by atoms with Gasteiger partial charge in [-0.15, -0.1) is 0 Å². The zero-order chi connectivity index (χ0) is 22.0. The Labute approximate surface area is 181 Å². The molecule has 0 unspecified atom stereocenters. The van der Waals surface area contributed by atoms with Crippen LogP contribution in [0, 0.1) is 0 Å². The van der Waals surface area contributed by atoms with Gasteiger partial charge in [0.2, 0.25) is 0 Å². The molecular formula is C21H30N8O2. The summed E-state index contributed by atoms with van der Waals surface area (Å²) in [6.45, 7) is 11.6. The Morgan fingerprint density at radius 1 is 1.10 bits per heavy atom. The molecule has 0 bridgehead atoms. The normalized spacial score (nSPS) is 15.7. The highest BCUT2D eigenvalue weighted by Gasteiger charge is 2.21. The molecule has 1 aliphatic rings. The first-order valence-electron chi connectivity index (χ1n) is 10.6. The highest BCUT2D eigenvalue weighted by molar-refractivity contribution is 5.47. The van der Waals surface area contributed by atoms with Crippen LogP contribution in [0.25, 0.3) is 5.78 Å². The van der Waals surface area contributed by atoms with E-state index in [0.717, 1.165) is 49.9 Å². The van der Waals surface area contributed by atoms with Crippen LogP contribution in [0.5, 0.6) is 0 Å². The van der Waals surface area contributed by atoms with Crippen molar-refractivity contribution in [1.29, 1.82) is 0 Å². The summed E-state index contributed by atoms with van der Waals surface area (Å²) in [5.41, 5.74) is 1.63. The minimum absolute atomic E-state index is 0.0531. The molecule has 3 aromatic rings. The van der Waals surface area contributed by atoms with E-state index in [0.29, 0.717) is 18.9 Å². The third kappa shape index (κ3) is 4.75. The lowest BCUT2D eigenvalue weighted by Crippen LogP contribution is -2.48. The molecule has 4 heterocycles. The van der Waals surface area contributed by atoms with Crippen LogP contribution in [0.15, 0.2) is 29.3 Å². The van der Waals surface area contributed by atoms with E-state index in [1.54, 1.807) is 22.4 Å². The molecule has 1 fully saturated rings. The van der Waals surface area contributed by atoms with Crippen LogP contribution in [0.1, 0.15) is 32.2 Å². The third-order valence-electron chi connectivity index (χ3n) is 5.54. The maximum Gasteiger partial charge on any atom is 0.266 e. The molecule has 10 nitrogen and oxygen atoms in total. The molecule has 0 amide bonds. The number of anilines is 1. The zero-order valence-electron chi connectivity index (χ0n) is 18.7. The van der Waals surface area contributed by atoms with Gasteiger partial charge in [0.15, 0.2) is 0 Å². The molecule has 166 valence electrons. The predicted molar refractivity (Wildman–Crippen MR) is 117 cm³/mol. The van der Waals surface area contributed by atoms with Crippen LogP contribution in [0.3, 0.4) is 0 Å². The molecule has 0 atom stereocenters. The molecule has 0 aliphatic carbocycles. The van der Waals surface area contributed by atoms with Gasteiger partial charge >= 0.3 is 0 Å². The van der Waals surface area contributed by atoms with Gasteiger partial charge in [0, 0.05) is 57.4 Å². The van der Waals surface area contributed by atoms with E-state index < -0.39 is 0 Å². The lowest BCUT2D eigenvalue weighted by atomic mass is 9.92. The zero-order valence-corrected chi connectivity index (χ0v) is 18.7. The number of rotatable bonds is 6. The predicted octanol–water partition coefficient (Wildman–Crippen LogP) is 0.947. The van der Waals surface area contributed by atoms with E-state index >= 15 is 0 Å². The third-order valence-corrected chi connectivity index (χ3v) is 5.54. The maximum absolute atomic E-state index is 12.2. The summed E-state index contributed by atoms with van der Waals surface area (Å²) >= 11 is 0. The summed E-state index contributed by atoms with van der Waals surface area (Å²) in [5.74, 6) is 1.56. The average molecular weight is 427 g/mol. The Hall–Kier alpha value is -2.85. The fourth-order valence-electron chi connectivity index (χ4n) is 3.74. The van der Waals surface area contributed by atoms with Crippen molar-refractivity contribution in [2.24, 2.45) is 0 Å². The topological polar surface area (TPSA) is 93.7 Å². The van der Waals surface area contributed by atoms with Gasteiger partial charge in [0.05, 0.1) is 24.5 Å². The van der Waals surface area contributed by atoms with Gasteiger partial charge in [0.25, 0.3) is 11.3 Å². The van der Waals surface area contributed by atoms with Gasteiger partial charge in [-0.1, -0.05) is 20.8 Å². The average Bonchev–Trinajstić information content (AvgIpc) is 3.21. The second kappa shape index (κ2) is 8.72. The Bertz CT molecular complexity index is 1090. The largest absolute Gasteiger partial charge is 0.378 e. The molecule has 0 radical (unpaired) electrons. The van der Waals surface area contributed by atoms with Crippen LogP contribution < -0.4 is 10.5 Å². The van der Waals surface area contributed by atoms with Gasteiger partial charge in [-0.3, -0.25) is 9.69 Å². The summed E-state index contributed by atoms with van der Waals surface area (Å²) in [7, 11) is 1.66. The van der Waals surface area contributed by atoms with E-state index in [2.05, 4.69) is 50.7 Å². The van der Waals surface area contributed by atoms with E-state index in [1.807, 2.05) is 12.1 Å². The van der Waals surface area contributed by atoms with E-state index in [4.69, 9.17) is 4.74 Å².